The first-order valence-electron chi connectivity index (χ1n) is 10.1. The molecule has 2 saturated heterocycles. The minimum Gasteiger partial charge on any atom is -0.465 e. The average Bonchev–Trinajstić information content (AvgIpc) is 3.45. The van der Waals surface area contributed by atoms with Crippen molar-refractivity contribution in [3.05, 3.63) is 54.1 Å². The zero-order valence-corrected chi connectivity index (χ0v) is 17.3. The molecule has 0 amide bonds. The normalized spacial score (nSPS) is 24.0. The van der Waals surface area contributed by atoms with Crippen LogP contribution in [0.5, 0.6) is 0 Å². The lowest BCUT2D eigenvalue weighted by Crippen LogP contribution is -2.36. The van der Waals surface area contributed by atoms with Gasteiger partial charge in [-0.15, -0.1) is 0 Å². The minimum absolute atomic E-state index is 0.0960. The van der Waals surface area contributed by atoms with E-state index in [0.29, 0.717) is 11.7 Å². The van der Waals surface area contributed by atoms with Gasteiger partial charge in [-0.3, -0.25) is 9.78 Å². The van der Waals surface area contributed by atoms with Gasteiger partial charge >= 0.3 is 5.97 Å². The van der Waals surface area contributed by atoms with Crippen LogP contribution in [0, 0.1) is 0 Å². The summed E-state index contributed by atoms with van der Waals surface area (Å²) in [5, 5.41) is 3.90. The Bertz CT molecular complexity index is 851. The number of hydrogen-bond acceptors (Lipinski definition) is 5. The van der Waals surface area contributed by atoms with E-state index in [1.165, 1.54) is 0 Å². The van der Waals surface area contributed by atoms with Crippen molar-refractivity contribution in [3.8, 4) is 0 Å². The molecule has 154 valence electrons. The van der Waals surface area contributed by atoms with E-state index < -0.39 is 0 Å². The lowest BCUT2D eigenvalue weighted by atomic mass is 10.0. The third-order valence-corrected chi connectivity index (χ3v) is 5.75. The van der Waals surface area contributed by atoms with Gasteiger partial charge in [-0.1, -0.05) is 6.07 Å². The highest BCUT2D eigenvalue weighted by atomic mass is 32.1. The monoisotopic (exact) mass is 414 g/mol. The maximum Gasteiger partial charge on any atom is 0.325 e. The largest absolute Gasteiger partial charge is 0.465 e. The van der Waals surface area contributed by atoms with E-state index in [-0.39, 0.29) is 30.7 Å². The highest BCUT2D eigenvalue weighted by Gasteiger charge is 2.42. The Morgan fingerprint density at radius 2 is 2.28 bits per heavy atom. The SMILES string of the molecule is CCOC(=O)CN1C(=S)NC(c2ccccn2)C1c1cccn1CC1CCCO1. The smallest absolute Gasteiger partial charge is 0.325 e. The molecule has 0 aliphatic carbocycles. The maximum absolute atomic E-state index is 12.3. The second kappa shape index (κ2) is 8.92. The van der Waals surface area contributed by atoms with Crippen molar-refractivity contribution in [2.45, 2.75) is 44.5 Å². The van der Waals surface area contributed by atoms with Crippen molar-refractivity contribution in [3.63, 3.8) is 0 Å². The van der Waals surface area contributed by atoms with Gasteiger partial charge in [-0.2, -0.15) is 0 Å². The summed E-state index contributed by atoms with van der Waals surface area (Å²) in [5.41, 5.74) is 1.96. The first-order chi connectivity index (χ1) is 14.2. The Hall–Kier alpha value is -2.45. The number of thiocarbonyl (C=S) groups is 1. The van der Waals surface area contributed by atoms with E-state index in [1.54, 1.807) is 13.1 Å². The molecule has 2 aromatic heterocycles. The van der Waals surface area contributed by atoms with Crippen molar-refractivity contribution < 1.29 is 14.3 Å². The zero-order chi connectivity index (χ0) is 20.2. The summed E-state index contributed by atoms with van der Waals surface area (Å²) >= 11 is 5.60. The van der Waals surface area contributed by atoms with Crippen LogP contribution < -0.4 is 5.32 Å². The summed E-state index contributed by atoms with van der Waals surface area (Å²) in [6, 6.07) is 9.63. The summed E-state index contributed by atoms with van der Waals surface area (Å²) in [6.45, 7) is 3.85. The molecule has 3 atom stereocenters. The predicted octanol–water partition coefficient (Wildman–Crippen LogP) is 2.60. The number of hydrogen-bond donors (Lipinski definition) is 1. The van der Waals surface area contributed by atoms with Crippen LogP contribution in [-0.4, -0.2) is 51.4 Å². The van der Waals surface area contributed by atoms with Crippen molar-refractivity contribution in [2.24, 2.45) is 0 Å². The molecule has 0 aromatic carbocycles. The first-order valence-corrected chi connectivity index (χ1v) is 10.5. The van der Waals surface area contributed by atoms with Gasteiger partial charge in [0, 0.05) is 31.2 Å². The molecule has 0 bridgehead atoms. The van der Waals surface area contributed by atoms with Crippen LogP contribution in [0.2, 0.25) is 0 Å². The van der Waals surface area contributed by atoms with Crippen molar-refractivity contribution in [1.82, 2.24) is 19.8 Å². The summed E-state index contributed by atoms with van der Waals surface area (Å²) in [5.74, 6) is -0.291. The van der Waals surface area contributed by atoms with Crippen molar-refractivity contribution in [1.29, 1.82) is 0 Å². The van der Waals surface area contributed by atoms with Crippen LogP contribution >= 0.6 is 12.2 Å². The fourth-order valence-corrected chi connectivity index (χ4v) is 4.42. The third-order valence-electron chi connectivity index (χ3n) is 5.39. The second-order valence-electron chi connectivity index (χ2n) is 7.28. The van der Waals surface area contributed by atoms with E-state index in [9.17, 15) is 4.79 Å². The van der Waals surface area contributed by atoms with Gasteiger partial charge < -0.3 is 24.3 Å². The van der Waals surface area contributed by atoms with E-state index in [1.807, 2.05) is 29.2 Å². The number of ether oxygens (including phenoxy) is 2. The molecule has 4 heterocycles. The summed E-state index contributed by atoms with van der Waals surface area (Å²) in [6.07, 6.45) is 6.22. The van der Waals surface area contributed by atoms with Crippen LogP contribution in [-0.2, 0) is 20.8 Å². The lowest BCUT2D eigenvalue weighted by Gasteiger charge is -2.28. The number of nitrogens with zero attached hydrogens (tertiary/aromatic N) is 3. The molecular weight excluding hydrogens is 388 g/mol. The second-order valence-corrected chi connectivity index (χ2v) is 7.67. The Morgan fingerprint density at radius 1 is 1.38 bits per heavy atom. The van der Waals surface area contributed by atoms with Crippen molar-refractivity contribution in [2.75, 3.05) is 19.8 Å². The topological polar surface area (TPSA) is 68.6 Å². The quantitative estimate of drug-likeness (QED) is 0.552. The van der Waals surface area contributed by atoms with Gasteiger partial charge in [0.1, 0.15) is 6.54 Å². The molecule has 3 unspecified atom stereocenters. The first kappa shape index (κ1) is 19.8. The van der Waals surface area contributed by atoms with Crippen LogP contribution in [0.25, 0.3) is 0 Å². The highest BCUT2D eigenvalue weighted by molar-refractivity contribution is 7.80. The molecule has 2 aliphatic rings. The number of carbonyl (C=O) groups excluding carboxylic acids is 1. The average molecular weight is 415 g/mol. The number of rotatable bonds is 7. The zero-order valence-electron chi connectivity index (χ0n) is 16.5. The van der Waals surface area contributed by atoms with E-state index in [4.69, 9.17) is 21.7 Å². The summed E-state index contributed by atoms with van der Waals surface area (Å²) in [4.78, 5) is 18.7. The number of nitrogens with one attached hydrogen (secondary N) is 1. The summed E-state index contributed by atoms with van der Waals surface area (Å²) < 4.78 is 13.2. The fraction of sp³-hybridized carbons (Fsp3) is 0.476. The predicted molar refractivity (Wildman–Crippen MR) is 112 cm³/mol. The van der Waals surface area contributed by atoms with E-state index in [2.05, 4.69) is 27.1 Å². The van der Waals surface area contributed by atoms with Gasteiger partial charge in [0.2, 0.25) is 0 Å². The maximum atomic E-state index is 12.3. The van der Waals surface area contributed by atoms with Crippen LogP contribution in [0.15, 0.2) is 42.7 Å². The Balaban J connectivity index is 1.67. The Labute approximate surface area is 176 Å². The Kier molecular flexibility index (Phi) is 6.10. The van der Waals surface area contributed by atoms with Crippen LogP contribution in [0.1, 0.15) is 43.2 Å². The minimum atomic E-state index is -0.291. The van der Waals surface area contributed by atoms with E-state index >= 15 is 0 Å². The van der Waals surface area contributed by atoms with E-state index in [0.717, 1.165) is 37.4 Å². The number of pyridine rings is 1. The molecule has 2 fully saturated rings. The van der Waals surface area contributed by atoms with Gasteiger partial charge in [-0.05, 0) is 56.2 Å². The molecule has 1 N–H and O–H groups in total. The van der Waals surface area contributed by atoms with Crippen LogP contribution in [0.4, 0.5) is 0 Å². The molecule has 0 spiro atoms. The third kappa shape index (κ3) is 4.28. The lowest BCUT2D eigenvalue weighted by molar-refractivity contribution is -0.143. The van der Waals surface area contributed by atoms with Gasteiger partial charge in [0.15, 0.2) is 5.11 Å². The molecule has 29 heavy (non-hydrogen) atoms. The van der Waals surface area contributed by atoms with Gasteiger partial charge in [0.25, 0.3) is 0 Å². The molecule has 7 nitrogen and oxygen atoms in total. The van der Waals surface area contributed by atoms with Crippen LogP contribution in [0.3, 0.4) is 0 Å². The molecular formula is C21H26N4O3S. The van der Waals surface area contributed by atoms with Gasteiger partial charge in [-0.25, -0.2) is 0 Å². The highest BCUT2D eigenvalue weighted by Crippen LogP contribution is 2.38. The molecule has 4 rings (SSSR count). The standard InChI is InChI=1S/C21H26N4O3S/c1-2-27-18(26)14-25-20(19(23-21(25)29)16-8-3-4-10-22-16)17-9-5-11-24(17)13-15-7-6-12-28-15/h3-5,8-11,15,19-20H,2,6-7,12-14H2,1H3,(H,23,29). The molecule has 8 heteroatoms. The number of esters is 1. The molecule has 0 radical (unpaired) electrons. The fourth-order valence-electron chi connectivity index (χ4n) is 4.11. The molecule has 2 aliphatic heterocycles. The number of aromatic nitrogens is 2. The van der Waals surface area contributed by atoms with Gasteiger partial charge in [0.05, 0.1) is 30.5 Å². The summed E-state index contributed by atoms with van der Waals surface area (Å²) in [7, 11) is 0. The van der Waals surface area contributed by atoms with Crippen molar-refractivity contribution >= 4 is 23.3 Å². The Morgan fingerprint density at radius 3 is 3.00 bits per heavy atom. The molecule has 2 aromatic rings. The molecule has 0 saturated carbocycles. The number of carbonyl (C=O) groups is 1.